The molecule has 0 amide bonds. The number of imidazole rings is 1. The summed E-state index contributed by atoms with van der Waals surface area (Å²) in [5, 5.41) is 0. The summed E-state index contributed by atoms with van der Waals surface area (Å²) in [7, 11) is 0. The molecule has 0 atom stereocenters. The van der Waals surface area contributed by atoms with Gasteiger partial charge in [-0.2, -0.15) is 13.2 Å². The molecule has 1 aromatic heterocycles. The molecule has 3 nitrogen and oxygen atoms in total. The molecule has 0 fully saturated rings. The van der Waals surface area contributed by atoms with Crippen molar-refractivity contribution in [2.75, 3.05) is 5.73 Å². The van der Waals surface area contributed by atoms with E-state index in [2.05, 4.69) is 20.9 Å². The fourth-order valence-electron chi connectivity index (χ4n) is 2.16. The van der Waals surface area contributed by atoms with Crippen LogP contribution in [0, 0.1) is 0 Å². The van der Waals surface area contributed by atoms with Gasteiger partial charge >= 0.3 is 6.18 Å². The van der Waals surface area contributed by atoms with Crippen LogP contribution in [0.3, 0.4) is 0 Å². The van der Waals surface area contributed by atoms with Crippen molar-refractivity contribution in [2.45, 2.75) is 6.18 Å². The van der Waals surface area contributed by atoms with Gasteiger partial charge in [-0.15, -0.1) is 0 Å². The molecule has 0 unspecified atom stereocenters. The Balaban J connectivity index is 2.30. The van der Waals surface area contributed by atoms with Gasteiger partial charge in [0.2, 0.25) is 5.95 Å². The van der Waals surface area contributed by atoms with Crippen LogP contribution in [0.1, 0.15) is 5.56 Å². The van der Waals surface area contributed by atoms with Crippen LogP contribution in [0.4, 0.5) is 19.1 Å². The Kier molecular flexibility index (Phi) is 3.16. The Morgan fingerprint density at radius 2 is 1.81 bits per heavy atom. The minimum absolute atomic E-state index is 0.135. The number of aromatic nitrogens is 2. The third kappa shape index (κ3) is 2.37. The molecule has 2 N–H and O–H groups in total. The van der Waals surface area contributed by atoms with E-state index >= 15 is 0 Å². The molecular formula is C14H9BrF3N3. The highest BCUT2D eigenvalue weighted by Gasteiger charge is 2.31. The predicted octanol–water partition coefficient (Wildman–Crippen LogP) is 4.39. The standard InChI is InChI=1S/C14H9BrF3N3/c15-9-6-5-8(14(16,17)18)7-12(9)21-11-4-2-1-3-10(11)20-13(21)19/h1-7H,(H2,19,20). The second-order valence-corrected chi connectivity index (χ2v) is 5.31. The molecule has 0 aliphatic carbocycles. The summed E-state index contributed by atoms with van der Waals surface area (Å²) in [6, 6.07) is 10.5. The number of hydrogen-bond acceptors (Lipinski definition) is 2. The Bertz CT molecular complexity index is 824. The average molecular weight is 356 g/mol. The monoisotopic (exact) mass is 355 g/mol. The SMILES string of the molecule is Nc1nc2ccccc2n1-c1cc(C(F)(F)F)ccc1Br. The highest BCUT2D eigenvalue weighted by Crippen LogP contribution is 2.35. The van der Waals surface area contributed by atoms with Crippen LogP contribution in [0.15, 0.2) is 46.9 Å². The molecule has 1 heterocycles. The van der Waals surface area contributed by atoms with Gasteiger partial charge in [-0.1, -0.05) is 12.1 Å². The molecule has 0 aliphatic heterocycles. The number of halogens is 4. The summed E-state index contributed by atoms with van der Waals surface area (Å²) in [5.41, 5.74) is 6.70. The van der Waals surface area contributed by atoms with E-state index in [0.29, 0.717) is 21.2 Å². The Hall–Kier alpha value is -2.02. The van der Waals surface area contributed by atoms with Gasteiger partial charge in [0.05, 0.1) is 22.3 Å². The molecule has 0 bridgehead atoms. The lowest BCUT2D eigenvalue weighted by Crippen LogP contribution is -2.08. The zero-order valence-corrected chi connectivity index (χ0v) is 12.1. The first-order valence-electron chi connectivity index (χ1n) is 5.98. The maximum atomic E-state index is 12.9. The third-order valence-corrected chi connectivity index (χ3v) is 3.77. The van der Waals surface area contributed by atoms with E-state index in [4.69, 9.17) is 5.73 Å². The zero-order chi connectivity index (χ0) is 15.2. The first-order chi connectivity index (χ1) is 9.88. The smallest absolute Gasteiger partial charge is 0.369 e. The van der Waals surface area contributed by atoms with E-state index < -0.39 is 11.7 Å². The van der Waals surface area contributed by atoms with Crippen molar-refractivity contribution in [1.82, 2.24) is 9.55 Å². The minimum atomic E-state index is -4.42. The number of nitrogen functional groups attached to an aromatic ring is 1. The van der Waals surface area contributed by atoms with Gasteiger partial charge in [-0.05, 0) is 46.3 Å². The van der Waals surface area contributed by atoms with Crippen LogP contribution < -0.4 is 5.73 Å². The number of fused-ring (bicyclic) bond motifs is 1. The van der Waals surface area contributed by atoms with Crippen LogP contribution in [0.5, 0.6) is 0 Å². The van der Waals surface area contributed by atoms with Gasteiger partial charge in [0.1, 0.15) is 0 Å². The third-order valence-electron chi connectivity index (χ3n) is 3.10. The van der Waals surface area contributed by atoms with Crippen LogP contribution >= 0.6 is 15.9 Å². The number of benzene rings is 2. The number of nitrogens with zero attached hydrogens (tertiary/aromatic N) is 2. The molecule has 2 aromatic carbocycles. The summed E-state index contributed by atoms with van der Waals surface area (Å²) in [5.74, 6) is 0.135. The van der Waals surface area contributed by atoms with Crippen molar-refractivity contribution in [3.05, 3.63) is 52.5 Å². The van der Waals surface area contributed by atoms with Gasteiger partial charge < -0.3 is 5.73 Å². The fourth-order valence-corrected chi connectivity index (χ4v) is 2.58. The van der Waals surface area contributed by atoms with Crippen molar-refractivity contribution >= 4 is 32.9 Å². The van der Waals surface area contributed by atoms with E-state index in [0.717, 1.165) is 12.1 Å². The number of para-hydroxylation sites is 2. The fraction of sp³-hybridized carbons (Fsp3) is 0.0714. The summed E-state index contributed by atoms with van der Waals surface area (Å²) in [6.07, 6.45) is -4.42. The highest BCUT2D eigenvalue weighted by atomic mass is 79.9. The molecule has 21 heavy (non-hydrogen) atoms. The topological polar surface area (TPSA) is 43.8 Å². The van der Waals surface area contributed by atoms with Gasteiger partial charge in [-0.25, -0.2) is 4.98 Å². The molecular weight excluding hydrogens is 347 g/mol. The second-order valence-electron chi connectivity index (χ2n) is 4.46. The number of rotatable bonds is 1. The van der Waals surface area contributed by atoms with Gasteiger partial charge in [0.15, 0.2) is 0 Å². The molecule has 0 spiro atoms. The van der Waals surface area contributed by atoms with Crippen molar-refractivity contribution in [3.8, 4) is 5.69 Å². The van der Waals surface area contributed by atoms with Gasteiger partial charge in [0, 0.05) is 4.47 Å². The van der Waals surface area contributed by atoms with E-state index in [1.807, 2.05) is 0 Å². The molecule has 0 saturated carbocycles. The van der Waals surface area contributed by atoms with Crippen LogP contribution in [-0.2, 0) is 6.18 Å². The highest BCUT2D eigenvalue weighted by molar-refractivity contribution is 9.10. The Labute approximate surface area is 126 Å². The predicted molar refractivity (Wildman–Crippen MR) is 78.2 cm³/mol. The second kappa shape index (κ2) is 4.77. The number of nitrogens with two attached hydrogens (primary N) is 1. The van der Waals surface area contributed by atoms with E-state index in [1.54, 1.807) is 24.3 Å². The molecule has 3 aromatic rings. The van der Waals surface area contributed by atoms with E-state index in [-0.39, 0.29) is 5.95 Å². The van der Waals surface area contributed by atoms with Crippen LogP contribution in [0.25, 0.3) is 16.7 Å². The Morgan fingerprint density at radius 1 is 1.10 bits per heavy atom. The van der Waals surface area contributed by atoms with Crippen molar-refractivity contribution in [3.63, 3.8) is 0 Å². The summed E-state index contributed by atoms with van der Waals surface area (Å²) < 4.78 is 40.7. The Morgan fingerprint density at radius 3 is 2.52 bits per heavy atom. The van der Waals surface area contributed by atoms with E-state index in [9.17, 15) is 13.2 Å². The minimum Gasteiger partial charge on any atom is -0.369 e. The first kappa shape index (κ1) is 13.9. The summed E-state index contributed by atoms with van der Waals surface area (Å²) in [6.45, 7) is 0. The molecule has 0 radical (unpaired) electrons. The normalized spacial score (nSPS) is 12.0. The number of anilines is 1. The van der Waals surface area contributed by atoms with Crippen molar-refractivity contribution in [1.29, 1.82) is 0 Å². The van der Waals surface area contributed by atoms with Crippen LogP contribution in [0.2, 0.25) is 0 Å². The molecule has 3 rings (SSSR count). The quantitative estimate of drug-likeness (QED) is 0.703. The largest absolute Gasteiger partial charge is 0.416 e. The maximum absolute atomic E-state index is 12.9. The first-order valence-corrected chi connectivity index (χ1v) is 6.77. The molecule has 108 valence electrons. The maximum Gasteiger partial charge on any atom is 0.416 e. The lowest BCUT2D eigenvalue weighted by molar-refractivity contribution is -0.137. The summed E-state index contributed by atoms with van der Waals surface area (Å²) >= 11 is 3.27. The van der Waals surface area contributed by atoms with Crippen molar-refractivity contribution < 1.29 is 13.2 Å². The zero-order valence-electron chi connectivity index (χ0n) is 10.5. The average Bonchev–Trinajstić information content (AvgIpc) is 2.74. The van der Waals surface area contributed by atoms with Gasteiger partial charge in [-0.3, -0.25) is 4.57 Å². The van der Waals surface area contributed by atoms with E-state index in [1.165, 1.54) is 10.6 Å². The molecule has 0 aliphatic rings. The molecule has 0 saturated heterocycles. The van der Waals surface area contributed by atoms with Crippen LogP contribution in [-0.4, -0.2) is 9.55 Å². The summed E-state index contributed by atoms with van der Waals surface area (Å²) in [4.78, 5) is 4.16. The lowest BCUT2D eigenvalue weighted by atomic mass is 10.2. The molecule has 7 heteroatoms. The van der Waals surface area contributed by atoms with Gasteiger partial charge in [0.25, 0.3) is 0 Å². The number of alkyl halides is 3. The van der Waals surface area contributed by atoms with Crippen molar-refractivity contribution in [2.24, 2.45) is 0 Å². The number of hydrogen-bond donors (Lipinski definition) is 1. The lowest BCUT2D eigenvalue weighted by Gasteiger charge is -2.13.